The van der Waals surface area contributed by atoms with Crippen molar-refractivity contribution in [3.8, 4) is 0 Å². The van der Waals surface area contributed by atoms with E-state index in [0.717, 1.165) is 6.54 Å². The van der Waals surface area contributed by atoms with Crippen LogP contribution in [0.4, 0.5) is 0 Å². The van der Waals surface area contributed by atoms with Crippen molar-refractivity contribution < 1.29 is 4.79 Å². The number of carbonyl (C=O) groups is 1. The number of likely N-dealkylation sites (N-methyl/N-ethyl adjacent to an activating group) is 1. The molecule has 4 nitrogen and oxygen atoms in total. The molecule has 12 heavy (non-hydrogen) atoms. The maximum atomic E-state index is 11.4. The van der Waals surface area contributed by atoms with Crippen molar-refractivity contribution in [1.29, 1.82) is 0 Å². The summed E-state index contributed by atoms with van der Waals surface area (Å²) in [7, 11) is 1.76. The third-order valence-electron chi connectivity index (χ3n) is 1.64. The first kappa shape index (κ1) is 8.93. The van der Waals surface area contributed by atoms with Gasteiger partial charge in [0.1, 0.15) is 5.69 Å². The van der Waals surface area contributed by atoms with E-state index in [1.807, 2.05) is 6.92 Å². The maximum absolute atomic E-state index is 11.4. The largest absolute Gasteiger partial charge is 0.310 e. The van der Waals surface area contributed by atoms with E-state index in [1.54, 1.807) is 24.0 Å². The molecule has 0 spiro atoms. The molecule has 0 aliphatic carbocycles. The molecule has 0 fully saturated rings. The summed E-state index contributed by atoms with van der Waals surface area (Å²) in [6, 6.07) is 1.72. The van der Waals surface area contributed by atoms with Crippen LogP contribution in [0.1, 0.15) is 17.4 Å². The molecule has 0 aromatic carbocycles. The number of hydrogen-bond acceptors (Lipinski definition) is 3. The Labute approximate surface area is 71.6 Å². The van der Waals surface area contributed by atoms with Crippen LogP contribution in [0, 0.1) is 0 Å². The summed E-state index contributed by atoms with van der Waals surface area (Å²) in [5.41, 5.74) is 0.649. The molecule has 1 aromatic heterocycles. The van der Waals surface area contributed by atoms with Gasteiger partial charge in [-0.3, -0.25) is 9.48 Å². The van der Waals surface area contributed by atoms with Crippen molar-refractivity contribution >= 4 is 5.78 Å². The first-order valence-electron chi connectivity index (χ1n) is 3.97. The van der Waals surface area contributed by atoms with Crippen LogP contribution in [0.25, 0.3) is 0 Å². The first-order chi connectivity index (χ1) is 5.75. The Bertz CT molecular complexity index is 267. The van der Waals surface area contributed by atoms with Crippen LogP contribution in [0.2, 0.25) is 0 Å². The minimum absolute atomic E-state index is 0.0804. The molecule has 1 N–H and O–H groups in total. The third kappa shape index (κ3) is 1.92. The van der Waals surface area contributed by atoms with Gasteiger partial charge in [0, 0.05) is 13.2 Å². The van der Waals surface area contributed by atoms with Gasteiger partial charge in [0.2, 0.25) is 0 Å². The van der Waals surface area contributed by atoms with E-state index in [2.05, 4.69) is 10.4 Å². The van der Waals surface area contributed by atoms with Gasteiger partial charge in [0.25, 0.3) is 0 Å². The van der Waals surface area contributed by atoms with Gasteiger partial charge >= 0.3 is 0 Å². The highest BCUT2D eigenvalue weighted by Gasteiger charge is 2.07. The Kier molecular flexibility index (Phi) is 2.99. The zero-order valence-corrected chi connectivity index (χ0v) is 7.37. The molecular weight excluding hydrogens is 154 g/mol. The van der Waals surface area contributed by atoms with Crippen molar-refractivity contribution in [3.63, 3.8) is 0 Å². The standard InChI is InChI=1S/C8H13N3O/c1-3-9-6-8(12)7-4-5-10-11(7)2/h4-5,9H,3,6H2,1-2H3. The predicted molar refractivity (Wildman–Crippen MR) is 46.1 cm³/mol. The number of carbonyl (C=O) groups excluding carboxylic acids is 1. The van der Waals surface area contributed by atoms with Crippen LogP contribution in [0.15, 0.2) is 12.3 Å². The average Bonchev–Trinajstić information content (AvgIpc) is 2.47. The summed E-state index contributed by atoms with van der Waals surface area (Å²) in [6.07, 6.45) is 1.62. The van der Waals surface area contributed by atoms with E-state index in [4.69, 9.17) is 0 Å². The molecule has 0 unspecified atom stereocenters. The Balaban J connectivity index is 2.59. The molecule has 0 atom stereocenters. The number of rotatable bonds is 4. The fraction of sp³-hybridized carbons (Fsp3) is 0.500. The summed E-state index contributed by atoms with van der Waals surface area (Å²) in [5.74, 6) is 0.0804. The lowest BCUT2D eigenvalue weighted by atomic mass is 10.3. The quantitative estimate of drug-likeness (QED) is 0.652. The minimum Gasteiger partial charge on any atom is -0.310 e. The lowest BCUT2D eigenvalue weighted by Crippen LogP contribution is -2.24. The van der Waals surface area contributed by atoms with E-state index < -0.39 is 0 Å². The molecule has 0 saturated carbocycles. The Morgan fingerprint density at radius 2 is 2.50 bits per heavy atom. The van der Waals surface area contributed by atoms with Crippen molar-refractivity contribution in [2.45, 2.75) is 6.92 Å². The van der Waals surface area contributed by atoms with Gasteiger partial charge in [-0.05, 0) is 12.6 Å². The van der Waals surface area contributed by atoms with Crippen molar-refractivity contribution in [2.75, 3.05) is 13.1 Å². The molecule has 0 aliphatic rings. The Morgan fingerprint density at radius 1 is 1.75 bits per heavy atom. The first-order valence-corrected chi connectivity index (χ1v) is 3.97. The van der Waals surface area contributed by atoms with E-state index in [1.165, 1.54) is 0 Å². The molecule has 0 saturated heterocycles. The van der Waals surface area contributed by atoms with Crippen molar-refractivity contribution in [1.82, 2.24) is 15.1 Å². The van der Waals surface area contributed by atoms with Gasteiger partial charge < -0.3 is 5.32 Å². The zero-order chi connectivity index (χ0) is 8.97. The summed E-state index contributed by atoms with van der Waals surface area (Å²) < 4.78 is 1.58. The van der Waals surface area contributed by atoms with Gasteiger partial charge in [-0.25, -0.2) is 0 Å². The van der Waals surface area contributed by atoms with E-state index in [-0.39, 0.29) is 5.78 Å². The van der Waals surface area contributed by atoms with Crippen molar-refractivity contribution in [3.05, 3.63) is 18.0 Å². The molecule has 0 bridgehead atoms. The van der Waals surface area contributed by atoms with E-state index in [0.29, 0.717) is 12.2 Å². The van der Waals surface area contributed by atoms with Gasteiger partial charge in [0.05, 0.1) is 6.54 Å². The molecule has 1 aromatic rings. The van der Waals surface area contributed by atoms with Crippen LogP contribution in [-0.2, 0) is 7.05 Å². The van der Waals surface area contributed by atoms with E-state index in [9.17, 15) is 4.79 Å². The number of nitrogens with zero attached hydrogens (tertiary/aromatic N) is 2. The SMILES string of the molecule is CCNCC(=O)c1ccnn1C. The average molecular weight is 167 g/mol. The van der Waals surface area contributed by atoms with Gasteiger partial charge in [-0.15, -0.1) is 0 Å². The Hall–Kier alpha value is -1.16. The van der Waals surface area contributed by atoms with Crippen LogP contribution < -0.4 is 5.32 Å². The topological polar surface area (TPSA) is 46.9 Å². The highest BCUT2D eigenvalue weighted by atomic mass is 16.1. The van der Waals surface area contributed by atoms with Crippen molar-refractivity contribution in [2.24, 2.45) is 7.05 Å². The second-order valence-corrected chi connectivity index (χ2v) is 2.54. The normalized spacial score (nSPS) is 10.2. The Morgan fingerprint density at radius 3 is 3.00 bits per heavy atom. The molecule has 0 radical (unpaired) electrons. The lowest BCUT2D eigenvalue weighted by molar-refractivity contribution is 0.0983. The number of nitrogens with one attached hydrogen (secondary N) is 1. The molecular formula is C8H13N3O. The van der Waals surface area contributed by atoms with Gasteiger partial charge in [-0.2, -0.15) is 5.10 Å². The fourth-order valence-corrected chi connectivity index (χ4v) is 0.977. The monoisotopic (exact) mass is 167 g/mol. The van der Waals surface area contributed by atoms with Crippen LogP contribution >= 0.6 is 0 Å². The summed E-state index contributed by atoms with van der Waals surface area (Å²) in [6.45, 7) is 3.16. The summed E-state index contributed by atoms with van der Waals surface area (Å²) >= 11 is 0. The predicted octanol–water partition coefficient (Wildman–Crippen LogP) is 0.212. The maximum Gasteiger partial charge on any atom is 0.194 e. The molecule has 1 rings (SSSR count). The van der Waals surface area contributed by atoms with Gasteiger partial charge in [-0.1, -0.05) is 6.92 Å². The number of aromatic nitrogens is 2. The second kappa shape index (κ2) is 4.01. The lowest BCUT2D eigenvalue weighted by Gasteiger charge is -2.00. The van der Waals surface area contributed by atoms with Gasteiger partial charge in [0.15, 0.2) is 5.78 Å². The zero-order valence-electron chi connectivity index (χ0n) is 7.37. The highest BCUT2D eigenvalue weighted by Crippen LogP contribution is 1.96. The van der Waals surface area contributed by atoms with Crippen LogP contribution in [-0.4, -0.2) is 28.7 Å². The molecule has 66 valence electrons. The number of hydrogen-bond donors (Lipinski definition) is 1. The minimum atomic E-state index is 0.0804. The summed E-state index contributed by atoms with van der Waals surface area (Å²) in [5, 5.41) is 6.89. The molecule has 4 heteroatoms. The number of Topliss-reactive ketones (excluding diaryl/α,β-unsaturated/α-hetero) is 1. The molecule has 0 amide bonds. The molecule has 1 heterocycles. The second-order valence-electron chi connectivity index (χ2n) is 2.54. The van der Waals surface area contributed by atoms with Crippen LogP contribution in [0.5, 0.6) is 0 Å². The third-order valence-corrected chi connectivity index (χ3v) is 1.64. The van der Waals surface area contributed by atoms with E-state index >= 15 is 0 Å². The smallest absolute Gasteiger partial charge is 0.194 e. The molecule has 0 aliphatic heterocycles. The fourth-order valence-electron chi connectivity index (χ4n) is 0.977. The highest BCUT2D eigenvalue weighted by molar-refractivity contribution is 5.95. The van der Waals surface area contributed by atoms with Crippen LogP contribution in [0.3, 0.4) is 0 Å². The number of ketones is 1. The number of aryl methyl sites for hydroxylation is 1. The summed E-state index contributed by atoms with van der Waals surface area (Å²) in [4.78, 5) is 11.4.